The fourth-order valence-electron chi connectivity index (χ4n) is 4.47. The summed E-state index contributed by atoms with van der Waals surface area (Å²) in [5, 5.41) is 34.2. The van der Waals surface area contributed by atoms with E-state index in [2.05, 4.69) is 60.0 Å². The fourth-order valence-corrected chi connectivity index (χ4v) is 4.47. The van der Waals surface area contributed by atoms with E-state index < -0.39 is 4.92 Å². The number of nitro groups is 1. The molecule has 3 heterocycles. The molecular formula is C23H29N7O3. The SMILES string of the molecule is CC1C(N(C)c2ccc(-c3ccc(-n4cc([N+](=O)[O-])cn4)cc3O)nn2)CCN(C)C1(C)C. The monoisotopic (exact) mass is 451 g/mol. The molecule has 0 bridgehead atoms. The van der Waals surface area contributed by atoms with Crippen LogP contribution in [0.2, 0.25) is 0 Å². The third-order valence-electron chi connectivity index (χ3n) is 7.25. The number of aromatic nitrogens is 4. The third-order valence-corrected chi connectivity index (χ3v) is 7.25. The highest BCUT2D eigenvalue weighted by atomic mass is 16.6. The molecule has 0 amide bonds. The van der Waals surface area contributed by atoms with Gasteiger partial charge in [0.05, 0.1) is 16.3 Å². The number of piperidine rings is 1. The van der Waals surface area contributed by atoms with Crippen LogP contribution in [0.15, 0.2) is 42.7 Å². The second kappa shape index (κ2) is 8.43. The van der Waals surface area contributed by atoms with E-state index in [4.69, 9.17) is 0 Å². The molecule has 4 rings (SSSR count). The maximum absolute atomic E-state index is 10.9. The van der Waals surface area contributed by atoms with Gasteiger partial charge in [0.2, 0.25) is 0 Å². The van der Waals surface area contributed by atoms with Gasteiger partial charge in [-0.15, -0.1) is 10.2 Å². The number of rotatable bonds is 5. The Bertz CT molecular complexity index is 1160. The van der Waals surface area contributed by atoms with Gasteiger partial charge in [-0.25, -0.2) is 4.68 Å². The first-order valence-electron chi connectivity index (χ1n) is 10.9. The lowest BCUT2D eigenvalue weighted by atomic mass is 9.77. The van der Waals surface area contributed by atoms with Gasteiger partial charge in [-0.05, 0) is 57.5 Å². The maximum Gasteiger partial charge on any atom is 0.307 e. The van der Waals surface area contributed by atoms with Crippen molar-refractivity contribution in [2.24, 2.45) is 5.92 Å². The van der Waals surface area contributed by atoms with E-state index in [1.54, 1.807) is 12.1 Å². The summed E-state index contributed by atoms with van der Waals surface area (Å²) in [5.41, 5.74) is 1.54. The number of aromatic hydroxyl groups is 1. The zero-order chi connectivity index (χ0) is 23.9. The van der Waals surface area contributed by atoms with Crippen LogP contribution in [0, 0.1) is 16.0 Å². The van der Waals surface area contributed by atoms with E-state index in [1.807, 2.05) is 12.1 Å². The van der Waals surface area contributed by atoms with Crippen molar-refractivity contribution >= 4 is 11.5 Å². The number of benzene rings is 1. The number of phenols is 1. The number of hydrogen-bond acceptors (Lipinski definition) is 8. The van der Waals surface area contributed by atoms with Crippen molar-refractivity contribution in [3.63, 3.8) is 0 Å². The normalized spacial score (nSPS) is 20.5. The van der Waals surface area contributed by atoms with Crippen LogP contribution in [0.5, 0.6) is 5.75 Å². The summed E-state index contributed by atoms with van der Waals surface area (Å²) in [4.78, 5) is 15.0. The van der Waals surface area contributed by atoms with Gasteiger partial charge in [0.15, 0.2) is 5.82 Å². The Morgan fingerprint density at radius 1 is 1.24 bits per heavy atom. The molecule has 1 aromatic carbocycles. The van der Waals surface area contributed by atoms with Crippen LogP contribution < -0.4 is 4.90 Å². The molecule has 2 aromatic heterocycles. The molecule has 0 radical (unpaired) electrons. The number of anilines is 1. The highest BCUT2D eigenvalue weighted by molar-refractivity contribution is 5.69. The average Bonchev–Trinajstić information content (AvgIpc) is 3.29. The Morgan fingerprint density at radius 3 is 2.61 bits per heavy atom. The molecule has 0 spiro atoms. The molecule has 0 saturated carbocycles. The van der Waals surface area contributed by atoms with Gasteiger partial charge in [0.1, 0.15) is 18.1 Å². The van der Waals surface area contributed by atoms with E-state index in [0.29, 0.717) is 28.9 Å². The number of likely N-dealkylation sites (tertiary alicyclic amines) is 1. The number of hydrogen-bond donors (Lipinski definition) is 1. The summed E-state index contributed by atoms with van der Waals surface area (Å²) >= 11 is 0. The first-order valence-corrected chi connectivity index (χ1v) is 10.9. The standard InChI is InChI=1S/C23H29N7O3/c1-15-20(10-11-27(4)23(15,2)3)28(5)22-9-8-19(25-26-22)18-7-6-16(12-21(18)31)29-14-17(13-24-29)30(32)33/h6-9,12-15,20,31H,10-11H2,1-5H3. The Morgan fingerprint density at radius 2 is 2.00 bits per heavy atom. The topological polar surface area (TPSA) is 113 Å². The lowest BCUT2D eigenvalue weighted by Gasteiger charge is -2.51. The minimum Gasteiger partial charge on any atom is -0.507 e. The van der Waals surface area contributed by atoms with Crippen LogP contribution >= 0.6 is 0 Å². The Labute approximate surface area is 192 Å². The minimum absolute atomic E-state index is 0.00764. The molecule has 2 atom stereocenters. The molecule has 2 unspecified atom stereocenters. The van der Waals surface area contributed by atoms with Crippen molar-refractivity contribution in [3.8, 4) is 22.7 Å². The van der Waals surface area contributed by atoms with Crippen molar-refractivity contribution in [2.75, 3.05) is 25.5 Å². The lowest BCUT2D eigenvalue weighted by Crippen LogP contribution is -2.59. The smallest absolute Gasteiger partial charge is 0.307 e. The molecule has 33 heavy (non-hydrogen) atoms. The summed E-state index contributed by atoms with van der Waals surface area (Å²) in [7, 11) is 4.23. The molecule has 174 valence electrons. The molecular weight excluding hydrogens is 422 g/mol. The summed E-state index contributed by atoms with van der Waals surface area (Å²) in [6, 6.07) is 9.03. The van der Waals surface area contributed by atoms with E-state index in [9.17, 15) is 15.2 Å². The molecule has 0 aliphatic carbocycles. The van der Waals surface area contributed by atoms with Crippen molar-refractivity contribution in [2.45, 2.75) is 38.8 Å². The van der Waals surface area contributed by atoms with Crippen molar-refractivity contribution in [1.29, 1.82) is 0 Å². The highest BCUT2D eigenvalue weighted by Crippen LogP contribution is 2.36. The fraction of sp³-hybridized carbons (Fsp3) is 0.435. The highest BCUT2D eigenvalue weighted by Gasteiger charge is 2.41. The molecule has 1 aliphatic rings. The molecule has 10 nitrogen and oxygen atoms in total. The summed E-state index contributed by atoms with van der Waals surface area (Å²) in [6.45, 7) is 7.87. The van der Waals surface area contributed by atoms with E-state index in [1.165, 1.54) is 16.9 Å². The van der Waals surface area contributed by atoms with Crippen LogP contribution in [0.1, 0.15) is 27.2 Å². The van der Waals surface area contributed by atoms with E-state index in [0.717, 1.165) is 25.0 Å². The summed E-state index contributed by atoms with van der Waals surface area (Å²) in [6.07, 6.45) is 3.51. The van der Waals surface area contributed by atoms with Gasteiger partial charge in [-0.3, -0.25) is 10.1 Å². The largest absolute Gasteiger partial charge is 0.507 e. The predicted octanol–water partition coefficient (Wildman–Crippen LogP) is 3.50. The lowest BCUT2D eigenvalue weighted by molar-refractivity contribution is -0.384. The first-order chi connectivity index (χ1) is 15.6. The van der Waals surface area contributed by atoms with Gasteiger partial charge < -0.3 is 14.9 Å². The number of phenolic OH excluding ortho intramolecular Hbond substituents is 1. The second-order valence-electron chi connectivity index (χ2n) is 9.21. The van der Waals surface area contributed by atoms with Crippen molar-refractivity contribution < 1.29 is 10.0 Å². The molecule has 1 aliphatic heterocycles. The third kappa shape index (κ3) is 4.13. The zero-order valence-electron chi connectivity index (χ0n) is 19.5. The Hall–Kier alpha value is -3.53. The van der Waals surface area contributed by atoms with Crippen molar-refractivity contribution in [3.05, 3.63) is 52.8 Å². The van der Waals surface area contributed by atoms with Crippen LogP contribution in [0.4, 0.5) is 11.5 Å². The maximum atomic E-state index is 10.9. The van der Waals surface area contributed by atoms with Crippen LogP contribution in [0.25, 0.3) is 16.9 Å². The second-order valence-corrected chi connectivity index (χ2v) is 9.21. The van der Waals surface area contributed by atoms with E-state index >= 15 is 0 Å². The Kier molecular flexibility index (Phi) is 5.79. The van der Waals surface area contributed by atoms with Crippen LogP contribution in [-0.2, 0) is 0 Å². The van der Waals surface area contributed by atoms with Gasteiger partial charge in [-0.2, -0.15) is 5.10 Å². The summed E-state index contributed by atoms with van der Waals surface area (Å²) in [5.74, 6) is 1.22. The predicted molar refractivity (Wildman–Crippen MR) is 126 cm³/mol. The van der Waals surface area contributed by atoms with Gasteiger partial charge in [-0.1, -0.05) is 6.92 Å². The summed E-state index contributed by atoms with van der Waals surface area (Å²) < 4.78 is 1.34. The quantitative estimate of drug-likeness (QED) is 0.463. The minimum atomic E-state index is -0.515. The van der Waals surface area contributed by atoms with Crippen LogP contribution in [0.3, 0.4) is 0 Å². The Balaban J connectivity index is 1.54. The first kappa shape index (κ1) is 22.7. The zero-order valence-corrected chi connectivity index (χ0v) is 19.5. The molecule has 10 heteroatoms. The van der Waals surface area contributed by atoms with Gasteiger partial charge >= 0.3 is 5.69 Å². The van der Waals surface area contributed by atoms with E-state index in [-0.39, 0.29) is 17.0 Å². The van der Waals surface area contributed by atoms with Crippen LogP contribution in [-0.4, -0.2) is 67.1 Å². The molecule has 1 saturated heterocycles. The number of nitrogens with zero attached hydrogens (tertiary/aromatic N) is 7. The van der Waals surface area contributed by atoms with Gasteiger partial charge in [0, 0.05) is 36.8 Å². The molecule has 3 aromatic rings. The van der Waals surface area contributed by atoms with Crippen molar-refractivity contribution in [1.82, 2.24) is 24.9 Å². The average molecular weight is 452 g/mol. The van der Waals surface area contributed by atoms with Gasteiger partial charge in [0.25, 0.3) is 0 Å². The molecule has 1 N–H and O–H groups in total. The molecule has 1 fully saturated rings.